The lowest BCUT2D eigenvalue weighted by atomic mass is 10.0. The zero-order chi connectivity index (χ0) is 21.3. The molecule has 7 heteroatoms. The van der Waals surface area contributed by atoms with Crippen LogP contribution in [-0.4, -0.2) is 26.8 Å². The second kappa shape index (κ2) is 8.48. The molecule has 0 radical (unpaired) electrons. The lowest BCUT2D eigenvalue weighted by molar-refractivity contribution is -0.121. The highest BCUT2D eigenvalue weighted by molar-refractivity contribution is 6.30. The molecule has 1 saturated carbocycles. The van der Waals surface area contributed by atoms with Crippen LogP contribution in [0.2, 0.25) is 5.02 Å². The SMILES string of the molecule is Cc1cccc(C)c1CCNC(=O)Cn1nc(-c2ccc(Cl)cc2)n(C2CC2)c1=O. The van der Waals surface area contributed by atoms with Crippen molar-refractivity contribution < 1.29 is 4.79 Å². The van der Waals surface area contributed by atoms with Crippen LogP contribution in [0.25, 0.3) is 11.4 Å². The van der Waals surface area contributed by atoms with Gasteiger partial charge in [-0.05, 0) is 74.1 Å². The van der Waals surface area contributed by atoms with E-state index in [1.807, 2.05) is 18.2 Å². The Morgan fingerprint density at radius 1 is 1.13 bits per heavy atom. The number of aromatic nitrogens is 3. The molecule has 3 aromatic rings. The van der Waals surface area contributed by atoms with E-state index in [1.54, 1.807) is 16.7 Å². The molecular formula is C23H25ClN4O2. The minimum atomic E-state index is -0.243. The molecule has 0 bridgehead atoms. The van der Waals surface area contributed by atoms with Gasteiger partial charge in [-0.2, -0.15) is 0 Å². The summed E-state index contributed by atoms with van der Waals surface area (Å²) in [6.07, 6.45) is 2.66. The largest absolute Gasteiger partial charge is 0.354 e. The first-order chi connectivity index (χ1) is 14.4. The first-order valence-electron chi connectivity index (χ1n) is 10.2. The van der Waals surface area contributed by atoms with Gasteiger partial charge in [-0.3, -0.25) is 9.36 Å². The second-order valence-electron chi connectivity index (χ2n) is 7.84. The Morgan fingerprint density at radius 2 is 1.80 bits per heavy atom. The van der Waals surface area contributed by atoms with Gasteiger partial charge in [0.2, 0.25) is 5.91 Å². The summed E-state index contributed by atoms with van der Waals surface area (Å²) in [6.45, 7) is 4.58. The molecule has 2 aromatic carbocycles. The summed E-state index contributed by atoms with van der Waals surface area (Å²) in [5, 5.41) is 8.01. The Bertz CT molecular complexity index is 1110. The molecule has 1 aromatic heterocycles. The number of halogens is 1. The summed E-state index contributed by atoms with van der Waals surface area (Å²) in [5.74, 6) is 0.369. The lowest BCUT2D eigenvalue weighted by Gasteiger charge is -2.10. The highest BCUT2D eigenvalue weighted by Crippen LogP contribution is 2.36. The highest BCUT2D eigenvalue weighted by atomic mass is 35.5. The standard InChI is InChI=1S/C23H25ClN4O2/c1-15-4-3-5-16(2)20(15)12-13-25-21(29)14-27-23(30)28(19-10-11-19)22(26-27)17-6-8-18(24)9-7-17/h3-9,19H,10-14H2,1-2H3,(H,25,29). The second-order valence-corrected chi connectivity index (χ2v) is 8.28. The number of hydrogen-bond acceptors (Lipinski definition) is 3. The van der Waals surface area contributed by atoms with Crippen LogP contribution < -0.4 is 11.0 Å². The number of nitrogens with one attached hydrogen (secondary N) is 1. The number of hydrogen-bond donors (Lipinski definition) is 1. The number of carbonyl (C=O) groups is 1. The molecule has 0 saturated heterocycles. The fourth-order valence-electron chi connectivity index (χ4n) is 3.74. The zero-order valence-corrected chi connectivity index (χ0v) is 17.9. The van der Waals surface area contributed by atoms with Gasteiger partial charge in [0, 0.05) is 23.2 Å². The van der Waals surface area contributed by atoms with Crippen molar-refractivity contribution in [1.29, 1.82) is 0 Å². The van der Waals surface area contributed by atoms with Crippen molar-refractivity contribution in [3.8, 4) is 11.4 Å². The maximum Gasteiger partial charge on any atom is 0.346 e. The summed E-state index contributed by atoms with van der Waals surface area (Å²) in [4.78, 5) is 25.4. The first kappa shape index (κ1) is 20.4. The lowest BCUT2D eigenvalue weighted by Crippen LogP contribution is -2.34. The van der Waals surface area contributed by atoms with Gasteiger partial charge >= 0.3 is 5.69 Å². The maximum absolute atomic E-state index is 12.9. The number of rotatable bonds is 7. The third-order valence-corrected chi connectivity index (χ3v) is 5.77. The van der Waals surface area contributed by atoms with Crippen LogP contribution in [0.1, 0.15) is 35.6 Å². The maximum atomic E-state index is 12.9. The van der Waals surface area contributed by atoms with E-state index in [1.165, 1.54) is 21.4 Å². The van der Waals surface area contributed by atoms with Crippen LogP contribution in [0.15, 0.2) is 47.3 Å². The fraction of sp³-hybridized carbons (Fsp3) is 0.348. The predicted molar refractivity (Wildman–Crippen MR) is 118 cm³/mol. The number of nitrogens with zero attached hydrogens (tertiary/aromatic N) is 3. The monoisotopic (exact) mass is 424 g/mol. The van der Waals surface area contributed by atoms with Crippen molar-refractivity contribution in [1.82, 2.24) is 19.7 Å². The van der Waals surface area contributed by atoms with Gasteiger partial charge in [0.1, 0.15) is 6.54 Å². The summed E-state index contributed by atoms with van der Waals surface area (Å²) < 4.78 is 2.96. The molecule has 0 unspecified atom stereocenters. The molecule has 156 valence electrons. The molecule has 6 nitrogen and oxygen atoms in total. The van der Waals surface area contributed by atoms with Gasteiger partial charge in [0.15, 0.2) is 5.82 Å². The molecule has 1 amide bonds. The van der Waals surface area contributed by atoms with Gasteiger partial charge in [-0.15, -0.1) is 5.10 Å². The van der Waals surface area contributed by atoms with Gasteiger partial charge in [-0.25, -0.2) is 9.48 Å². The molecule has 1 aliphatic carbocycles. The average Bonchev–Trinajstić information content (AvgIpc) is 3.50. The Hall–Kier alpha value is -2.86. The molecule has 1 fully saturated rings. The molecule has 1 aliphatic rings. The Morgan fingerprint density at radius 3 is 2.43 bits per heavy atom. The topological polar surface area (TPSA) is 68.9 Å². The summed E-state index contributed by atoms with van der Waals surface area (Å²) in [5.41, 5.74) is 4.26. The molecule has 4 rings (SSSR count). The fourth-order valence-corrected chi connectivity index (χ4v) is 3.87. The van der Waals surface area contributed by atoms with Crippen LogP contribution in [0, 0.1) is 13.8 Å². The molecule has 0 spiro atoms. The van der Waals surface area contributed by atoms with Crippen molar-refractivity contribution in [2.45, 2.75) is 45.7 Å². The number of aryl methyl sites for hydroxylation is 2. The Balaban J connectivity index is 1.46. The van der Waals surface area contributed by atoms with E-state index in [-0.39, 0.29) is 24.2 Å². The third-order valence-electron chi connectivity index (χ3n) is 5.52. The third kappa shape index (κ3) is 4.33. The van der Waals surface area contributed by atoms with Crippen LogP contribution in [0.3, 0.4) is 0 Å². The van der Waals surface area contributed by atoms with E-state index in [9.17, 15) is 9.59 Å². The normalized spacial score (nSPS) is 13.4. The van der Waals surface area contributed by atoms with Crippen LogP contribution in [0.4, 0.5) is 0 Å². The van der Waals surface area contributed by atoms with E-state index >= 15 is 0 Å². The number of benzene rings is 2. The predicted octanol–water partition coefficient (Wildman–Crippen LogP) is 3.68. The van der Waals surface area contributed by atoms with Gasteiger partial charge in [-0.1, -0.05) is 29.8 Å². The smallest absolute Gasteiger partial charge is 0.346 e. The van der Waals surface area contributed by atoms with Crippen LogP contribution in [0.5, 0.6) is 0 Å². The quantitative estimate of drug-likeness (QED) is 0.629. The van der Waals surface area contributed by atoms with Crippen LogP contribution in [-0.2, 0) is 17.8 Å². The van der Waals surface area contributed by atoms with Crippen molar-refractivity contribution in [3.05, 3.63) is 74.7 Å². The van der Waals surface area contributed by atoms with E-state index in [0.717, 1.165) is 24.8 Å². The molecule has 1 heterocycles. The van der Waals surface area contributed by atoms with Crippen LogP contribution >= 0.6 is 11.6 Å². The summed E-state index contributed by atoms with van der Waals surface area (Å²) in [7, 11) is 0. The van der Waals surface area contributed by atoms with Crippen molar-refractivity contribution in [2.24, 2.45) is 0 Å². The van der Waals surface area contributed by atoms with Crippen molar-refractivity contribution >= 4 is 17.5 Å². The minimum absolute atomic E-state index is 0.0914. The van der Waals surface area contributed by atoms with Gasteiger partial charge < -0.3 is 5.32 Å². The van der Waals surface area contributed by atoms with Crippen molar-refractivity contribution in [2.75, 3.05) is 6.54 Å². The number of amides is 1. The average molecular weight is 425 g/mol. The molecule has 0 atom stereocenters. The van der Waals surface area contributed by atoms with Gasteiger partial charge in [0.25, 0.3) is 0 Å². The van der Waals surface area contributed by atoms with E-state index in [2.05, 4.69) is 36.4 Å². The molecule has 30 heavy (non-hydrogen) atoms. The molecule has 1 N–H and O–H groups in total. The summed E-state index contributed by atoms with van der Waals surface area (Å²) >= 11 is 5.98. The highest BCUT2D eigenvalue weighted by Gasteiger charge is 2.30. The van der Waals surface area contributed by atoms with Gasteiger partial charge in [0.05, 0.1) is 0 Å². The molecular weight excluding hydrogens is 400 g/mol. The Kier molecular flexibility index (Phi) is 5.77. The zero-order valence-electron chi connectivity index (χ0n) is 17.2. The Labute approximate surface area is 180 Å². The van der Waals surface area contributed by atoms with E-state index in [4.69, 9.17) is 11.6 Å². The number of carbonyl (C=O) groups excluding carboxylic acids is 1. The first-order valence-corrected chi connectivity index (χ1v) is 10.6. The van der Waals surface area contributed by atoms with E-state index < -0.39 is 0 Å². The minimum Gasteiger partial charge on any atom is -0.354 e. The summed E-state index contributed by atoms with van der Waals surface area (Å²) in [6, 6.07) is 13.6. The van der Waals surface area contributed by atoms with E-state index in [0.29, 0.717) is 17.4 Å². The molecule has 0 aliphatic heterocycles. The van der Waals surface area contributed by atoms with Crippen molar-refractivity contribution in [3.63, 3.8) is 0 Å².